The number of ketones is 2. The van der Waals surface area contributed by atoms with Crippen molar-refractivity contribution < 1.29 is 101 Å². The van der Waals surface area contributed by atoms with Crippen molar-refractivity contribution in [2.75, 3.05) is 65.8 Å². The second-order valence-electron chi connectivity index (χ2n) is 37.9. The molecule has 0 saturated carbocycles. The molecule has 0 aliphatic carbocycles. The van der Waals surface area contributed by atoms with E-state index in [-0.39, 0.29) is 165 Å². The number of aryl methyl sites for hydroxylation is 3. The number of amides is 8. The fourth-order valence-corrected chi connectivity index (χ4v) is 20.1. The van der Waals surface area contributed by atoms with Crippen molar-refractivity contribution in [3.05, 3.63) is 265 Å². The van der Waals surface area contributed by atoms with Crippen LogP contribution >= 0.6 is 11.6 Å². The number of unbranched alkanes of at least 4 members (excludes halogenated alkanes) is 2. The molecule has 8 amide bonds. The number of phenolic OH excluding ortho intramolecular Hbond substituents is 1. The number of anilines is 6. The zero-order valence-corrected chi connectivity index (χ0v) is 84.1. The number of ether oxygens (including phenoxy) is 8. The lowest BCUT2D eigenvalue weighted by Crippen LogP contribution is -2.39. The third-order valence-electron chi connectivity index (χ3n) is 27.7. The van der Waals surface area contributed by atoms with Gasteiger partial charge in [0, 0.05) is 151 Å². The molecule has 0 unspecified atom stereocenters. The minimum absolute atomic E-state index is 0.0198. The lowest BCUT2D eigenvalue weighted by Gasteiger charge is -2.23. The van der Waals surface area contributed by atoms with E-state index in [9.17, 15) is 62.6 Å². The third-order valence-corrected chi connectivity index (χ3v) is 28.0. The predicted octanol–water partition coefficient (Wildman–Crippen LogP) is 17.7. The van der Waals surface area contributed by atoms with E-state index in [2.05, 4.69) is 47.9 Å². The molecule has 0 spiro atoms. The molecule has 10 aromatic rings. The van der Waals surface area contributed by atoms with E-state index in [1.165, 1.54) is 38.5 Å². The molecule has 8 atom stereocenters. The van der Waals surface area contributed by atoms with Crippen LogP contribution in [0.1, 0.15) is 207 Å². The zero-order chi connectivity index (χ0) is 103. The second-order valence-corrected chi connectivity index (χ2v) is 38.2. The Morgan fingerprint density at radius 3 is 1.18 bits per heavy atom. The molecule has 18 rings (SSSR count). The molecule has 8 heterocycles. The number of methoxy groups -OCH3 is 5. The van der Waals surface area contributed by atoms with Crippen LogP contribution in [0.4, 0.5) is 45.5 Å². The van der Waals surface area contributed by atoms with E-state index < -0.39 is 29.8 Å². The number of halogens is 1. The van der Waals surface area contributed by atoms with Crippen LogP contribution in [0.15, 0.2) is 192 Å². The fraction of sp³-hybridized carbons (Fsp3) is 0.351. The Hall–Kier alpha value is -15.5. The highest BCUT2D eigenvalue weighted by Crippen LogP contribution is 2.47. The first-order chi connectivity index (χ1) is 70.5. The number of rotatable bonds is 35. The Bertz CT molecular complexity index is 6820. The number of alkyl halides is 1. The van der Waals surface area contributed by atoms with Gasteiger partial charge >= 0.3 is 11.9 Å². The normalized spacial score (nSPS) is 16.7. The highest BCUT2D eigenvalue weighted by molar-refractivity contribution is 6.18. The monoisotopic (exact) mass is 2000 g/mol. The van der Waals surface area contributed by atoms with Crippen molar-refractivity contribution in [3.63, 3.8) is 0 Å². The number of nitrogens with zero attached hydrogens (tertiary/aromatic N) is 6. The summed E-state index contributed by atoms with van der Waals surface area (Å²) in [6, 6.07) is 55.1. The third kappa shape index (κ3) is 23.6. The van der Waals surface area contributed by atoms with Gasteiger partial charge in [0.25, 0.3) is 23.6 Å². The van der Waals surface area contributed by atoms with Crippen molar-refractivity contribution in [1.82, 2.24) is 10.6 Å². The van der Waals surface area contributed by atoms with E-state index in [0.717, 1.165) is 100 Å². The van der Waals surface area contributed by atoms with E-state index >= 15 is 0 Å². The lowest BCUT2D eigenvalue weighted by atomic mass is 9.99. The average Bonchev–Trinajstić information content (AvgIpc) is 1.63. The van der Waals surface area contributed by atoms with Gasteiger partial charge in [-0.15, -0.1) is 11.6 Å². The summed E-state index contributed by atoms with van der Waals surface area (Å²) in [5.74, 6) is -1.55. The summed E-state index contributed by atoms with van der Waals surface area (Å²) in [6.07, 6.45) is 12.2. The quantitative estimate of drug-likeness (QED) is 0.0140. The van der Waals surface area contributed by atoms with Gasteiger partial charge in [0.05, 0.1) is 82.2 Å². The van der Waals surface area contributed by atoms with E-state index in [1.54, 1.807) is 102 Å². The number of hydrogen-bond donors (Lipinski definition) is 5. The van der Waals surface area contributed by atoms with Crippen LogP contribution in [0, 0.1) is 18.8 Å². The Kier molecular flexibility index (Phi) is 32.9. The maximum absolute atomic E-state index is 14.1. The summed E-state index contributed by atoms with van der Waals surface area (Å²) in [7, 11) is 7.17. The number of Topliss-reactive ketones (excluding diaryl/α,β-unsaturated/α-hetero) is 2. The van der Waals surface area contributed by atoms with E-state index in [1.807, 2.05) is 143 Å². The summed E-state index contributed by atoms with van der Waals surface area (Å²) in [4.78, 5) is 172. The number of phenols is 1. The zero-order valence-electron chi connectivity index (χ0n) is 83.3. The second kappa shape index (κ2) is 46.5. The number of carbonyl (C=O) groups is 12. The highest BCUT2D eigenvalue weighted by Gasteiger charge is 2.43. The highest BCUT2D eigenvalue weighted by atomic mass is 35.5. The number of aromatic hydroxyl groups is 1. The first-order valence-electron chi connectivity index (χ1n) is 49.3. The summed E-state index contributed by atoms with van der Waals surface area (Å²) in [5, 5.41) is 21.1. The largest absolute Gasteiger partial charge is 0.504 e. The Labute approximate surface area is 852 Å². The fourth-order valence-electron chi connectivity index (χ4n) is 19.9. The maximum atomic E-state index is 14.1. The van der Waals surface area contributed by atoms with Gasteiger partial charge in [0.15, 0.2) is 46.1 Å². The minimum atomic E-state index is -0.816. The predicted molar refractivity (Wildman–Crippen MR) is 554 cm³/mol. The van der Waals surface area contributed by atoms with Crippen molar-refractivity contribution in [3.8, 4) is 40.2 Å². The van der Waals surface area contributed by atoms with Gasteiger partial charge in [0.2, 0.25) is 23.6 Å². The molecule has 8 aliphatic rings. The van der Waals surface area contributed by atoms with Crippen molar-refractivity contribution in [2.24, 2.45) is 21.8 Å². The molecule has 31 nitrogen and oxygen atoms in total. The standard InChI is InChI=1S/C57H59N5O10.C40H46ClN3O8.C17H14N2O3/c1-33-20-45-46(58-30-43-26-40-13-7-9-15-48(40)62(43)57(45)68)29-50(33)71-31-36-22-37(24-41(23-36)60-55(66)34(2)21-49(63)35(3)59-53(64)16-10-11-17-54(65)70-5)32-72-52-27-38-18-19-42-25-39-12-6-8-14-47(39)61(42)56(67)44(38)28-51(52)69-4;1-24(15-34(45)25(2)42-37(46)11-7-8-12-38(47)51-4)39(48)43-30-17-26(22-41)16-27(18-30)23-52-36-20-28-13-14-31-19-29-9-5-6-10-33(29)44(31)40(49)32(28)21-35(36)50-3;1-22-16-7-12-13(8-15(16)20)18-9-11-6-10-4-2-3-5-14(10)19(11)17(12)21/h6-9,12-15,20,22-24,27-30,34-35,42-43H,10-11,16-19,21,25-26,31-32H2,1-5H3,(H,59,64)(H,60,66);5-6,9-10,16-18,20-21,24-25,31H,7-8,11-15,19,22-23H2,1-4H3,(H,42,46)(H,43,48);2-5,7-9,11,20H,6H2,1H3/t34-,35+,42-,43+;24-,25+,31-;11-/m110/s1. The number of fused-ring (bicyclic) bond motifs is 16. The van der Waals surface area contributed by atoms with Crippen LogP contribution in [0.3, 0.4) is 0 Å². The van der Waals surface area contributed by atoms with Gasteiger partial charge in [0.1, 0.15) is 25.6 Å². The molecule has 32 heteroatoms. The number of benzene rings is 10. The van der Waals surface area contributed by atoms with E-state index in [4.69, 9.17) is 45.0 Å². The molecule has 0 aromatic heterocycles. The van der Waals surface area contributed by atoms with Gasteiger partial charge in [-0.3, -0.25) is 77.3 Å². The lowest BCUT2D eigenvalue weighted by molar-refractivity contribution is -0.141. The molecule has 0 saturated heterocycles. The number of para-hydroxylation sites is 4. The van der Waals surface area contributed by atoms with Crippen molar-refractivity contribution in [1.29, 1.82) is 0 Å². The summed E-state index contributed by atoms with van der Waals surface area (Å²) in [6.45, 7) is 8.66. The van der Waals surface area contributed by atoms with Gasteiger partial charge in [-0.05, 0) is 237 Å². The topological polar surface area (TPSA) is 385 Å². The molecular formula is C114H119ClN10O21. The molecule has 5 N–H and O–H groups in total. The number of esters is 2. The minimum Gasteiger partial charge on any atom is -0.504 e. The summed E-state index contributed by atoms with van der Waals surface area (Å²) in [5.41, 5.74) is 17.8. The number of nitrogens with one attached hydrogen (secondary N) is 4. The number of aliphatic imine (C=N–C) groups is 2. The maximum Gasteiger partial charge on any atom is 0.305 e. The molecule has 0 bridgehead atoms. The number of carbonyl (C=O) groups excluding carboxylic acids is 12. The van der Waals surface area contributed by atoms with Crippen LogP contribution < -0.4 is 69.3 Å². The molecular weight excluding hydrogens is 1880 g/mol. The smallest absolute Gasteiger partial charge is 0.305 e. The van der Waals surface area contributed by atoms with Gasteiger partial charge in [-0.1, -0.05) is 92.7 Å². The van der Waals surface area contributed by atoms with Gasteiger partial charge in [-0.25, -0.2) is 0 Å². The molecule has 758 valence electrons. The van der Waals surface area contributed by atoms with Crippen LogP contribution in [0.5, 0.6) is 40.2 Å². The average molecular weight is 2000 g/mol. The molecule has 8 aliphatic heterocycles. The first kappa shape index (κ1) is 103. The SMILES string of the molecule is COC(=O)CCCCC(=O)N[C@@H](C)C(=O)C[C@@H](C)C(=O)Nc1cc(CCl)cc(COc2cc3c(cc2OC)C(=O)N2c4ccccc4C[C@H]2CC3)c1.COC(=O)CCCCC(=O)N[C@@H](C)C(=O)C[C@@H](C)C(=O)Nc1cc(COc2cc3c(cc2C)C(=O)N2c4ccccc4C[C@H]2C=N3)cc(COc2cc3c(cc2OC)C(=O)N2c4ccccc4C[C@H]2CC3)c1.COc1cc2c(cc1O)N=C[C@@H]1Cc3ccccc3N1C2=O. The van der Waals surface area contributed by atoms with Gasteiger partial charge < -0.3 is 74.1 Å². The van der Waals surface area contributed by atoms with E-state index in [0.29, 0.717) is 123 Å². The molecule has 0 radical (unpaired) electrons. The molecule has 10 aromatic carbocycles. The Morgan fingerprint density at radius 2 is 0.767 bits per heavy atom. The summed E-state index contributed by atoms with van der Waals surface area (Å²) < 4.78 is 45.1. The molecule has 0 fully saturated rings. The van der Waals surface area contributed by atoms with Crippen LogP contribution in [-0.2, 0) is 112 Å². The van der Waals surface area contributed by atoms with Crippen LogP contribution in [0.25, 0.3) is 0 Å². The number of hydrogen-bond acceptors (Lipinski definition) is 23. The Morgan fingerprint density at radius 1 is 0.404 bits per heavy atom. The Balaban J connectivity index is 0.000000178. The molecule has 146 heavy (non-hydrogen) atoms. The first-order valence-corrected chi connectivity index (χ1v) is 49.8. The van der Waals surface area contributed by atoms with Crippen LogP contribution in [0.2, 0.25) is 0 Å². The summed E-state index contributed by atoms with van der Waals surface area (Å²) >= 11 is 6.21. The van der Waals surface area contributed by atoms with Crippen molar-refractivity contribution in [2.45, 2.75) is 212 Å². The van der Waals surface area contributed by atoms with Gasteiger partial charge in [-0.2, -0.15) is 0 Å². The van der Waals surface area contributed by atoms with Crippen LogP contribution in [-0.4, -0.2) is 160 Å². The van der Waals surface area contributed by atoms with Crippen molar-refractivity contribution >= 4 is 140 Å².